The van der Waals surface area contributed by atoms with E-state index in [0.717, 1.165) is 41.1 Å². The number of carbonyl (C=O) groups excluding carboxylic acids is 1. The molecule has 3 aromatic rings. The minimum absolute atomic E-state index is 0.202. The Morgan fingerprint density at radius 2 is 2.00 bits per heavy atom. The third-order valence-electron chi connectivity index (χ3n) is 5.53. The van der Waals surface area contributed by atoms with Gasteiger partial charge in [-0.3, -0.25) is 14.7 Å². The van der Waals surface area contributed by atoms with Crippen molar-refractivity contribution >= 4 is 5.91 Å². The molecule has 1 aromatic carbocycles. The molecular weight excluding hydrogens is 368 g/mol. The summed E-state index contributed by atoms with van der Waals surface area (Å²) in [5, 5.41) is 7.41. The quantitative estimate of drug-likeness (QED) is 0.714. The number of nitrogens with zero attached hydrogens (tertiary/aromatic N) is 2. The molecule has 150 valence electrons. The number of ether oxygens (including phenoxy) is 1. The summed E-state index contributed by atoms with van der Waals surface area (Å²) in [6.45, 7) is 3.01. The number of H-pyrrole nitrogens is 2. The van der Waals surface area contributed by atoms with Crippen molar-refractivity contribution in [2.24, 2.45) is 0 Å². The SMILES string of the molecule is COc1cccc(-c2cn[nH]c2C2CCN(C(=O)c3ccc(C)[nH]c3=O)CC2)c1. The number of carbonyl (C=O) groups is 1. The van der Waals surface area contributed by atoms with Crippen LogP contribution in [0.2, 0.25) is 0 Å². The second-order valence-electron chi connectivity index (χ2n) is 7.38. The Kier molecular flexibility index (Phi) is 5.20. The van der Waals surface area contributed by atoms with E-state index < -0.39 is 0 Å². The Morgan fingerprint density at radius 3 is 2.72 bits per heavy atom. The molecule has 2 aromatic heterocycles. The Labute approximate surface area is 168 Å². The van der Waals surface area contributed by atoms with E-state index >= 15 is 0 Å². The highest BCUT2D eigenvalue weighted by molar-refractivity contribution is 5.93. The molecule has 3 heterocycles. The molecule has 2 N–H and O–H groups in total. The number of piperidine rings is 1. The average Bonchev–Trinajstić information content (AvgIpc) is 3.23. The lowest BCUT2D eigenvalue weighted by Gasteiger charge is -2.32. The first-order valence-corrected chi connectivity index (χ1v) is 9.73. The van der Waals surface area contributed by atoms with E-state index in [1.165, 1.54) is 0 Å². The highest BCUT2D eigenvalue weighted by atomic mass is 16.5. The van der Waals surface area contributed by atoms with Gasteiger partial charge in [-0.1, -0.05) is 12.1 Å². The number of amides is 1. The molecule has 4 rings (SSSR count). The molecule has 1 amide bonds. The predicted octanol–water partition coefficient (Wildman–Crippen LogP) is 3.10. The number of hydrogen-bond acceptors (Lipinski definition) is 4. The molecule has 1 saturated heterocycles. The molecule has 7 heteroatoms. The molecule has 1 aliphatic heterocycles. The molecule has 1 fully saturated rings. The van der Waals surface area contributed by atoms with Gasteiger partial charge in [0.15, 0.2) is 0 Å². The van der Waals surface area contributed by atoms with E-state index in [0.29, 0.717) is 13.1 Å². The predicted molar refractivity (Wildman–Crippen MR) is 110 cm³/mol. The van der Waals surface area contributed by atoms with Crippen LogP contribution in [0.3, 0.4) is 0 Å². The number of likely N-dealkylation sites (tertiary alicyclic amines) is 1. The Balaban J connectivity index is 1.49. The van der Waals surface area contributed by atoms with Crippen LogP contribution in [0.4, 0.5) is 0 Å². The van der Waals surface area contributed by atoms with Crippen molar-refractivity contribution in [2.45, 2.75) is 25.7 Å². The van der Waals surface area contributed by atoms with E-state index in [1.807, 2.05) is 30.5 Å². The van der Waals surface area contributed by atoms with Crippen molar-refractivity contribution in [2.75, 3.05) is 20.2 Å². The molecule has 0 atom stereocenters. The van der Waals surface area contributed by atoms with Gasteiger partial charge < -0.3 is 14.6 Å². The fourth-order valence-corrected chi connectivity index (χ4v) is 3.91. The van der Waals surface area contributed by atoms with E-state index in [1.54, 1.807) is 31.1 Å². The van der Waals surface area contributed by atoms with E-state index in [4.69, 9.17) is 4.74 Å². The maximum Gasteiger partial charge on any atom is 0.260 e. The van der Waals surface area contributed by atoms with E-state index in [9.17, 15) is 9.59 Å². The van der Waals surface area contributed by atoms with Gasteiger partial charge in [0.25, 0.3) is 11.5 Å². The maximum atomic E-state index is 12.8. The smallest absolute Gasteiger partial charge is 0.260 e. The molecule has 0 unspecified atom stereocenters. The van der Waals surface area contributed by atoms with Gasteiger partial charge in [-0.25, -0.2) is 0 Å². The summed E-state index contributed by atoms with van der Waals surface area (Å²) in [6.07, 6.45) is 3.47. The zero-order valence-corrected chi connectivity index (χ0v) is 16.6. The maximum absolute atomic E-state index is 12.8. The first-order chi connectivity index (χ1) is 14.1. The van der Waals surface area contributed by atoms with Crippen molar-refractivity contribution in [3.05, 3.63) is 69.9 Å². The third-order valence-corrected chi connectivity index (χ3v) is 5.53. The lowest BCUT2D eigenvalue weighted by atomic mass is 9.89. The van der Waals surface area contributed by atoms with Crippen LogP contribution in [0.15, 0.2) is 47.4 Å². The summed E-state index contributed by atoms with van der Waals surface area (Å²) >= 11 is 0. The number of aromatic amines is 2. The number of rotatable bonds is 4. The summed E-state index contributed by atoms with van der Waals surface area (Å²) in [6, 6.07) is 11.3. The standard InChI is InChI=1S/C22H24N4O3/c1-14-6-7-18(21(27)24-14)22(28)26-10-8-15(9-11-26)20-19(13-23-25-20)16-4-3-5-17(12-16)29-2/h3-7,12-13,15H,8-11H2,1-2H3,(H,23,25)(H,24,27). The number of aryl methyl sites for hydroxylation is 1. The summed E-state index contributed by atoms with van der Waals surface area (Å²) < 4.78 is 5.33. The van der Waals surface area contributed by atoms with Crippen LogP contribution in [0.25, 0.3) is 11.1 Å². The Morgan fingerprint density at radius 1 is 1.21 bits per heavy atom. The van der Waals surface area contributed by atoms with E-state index in [-0.39, 0.29) is 22.9 Å². The Bertz CT molecular complexity index is 1080. The number of methoxy groups -OCH3 is 1. The van der Waals surface area contributed by atoms with Crippen molar-refractivity contribution in [3.8, 4) is 16.9 Å². The van der Waals surface area contributed by atoms with Crippen LogP contribution in [0.5, 0.6) is 5.75 Å². The molecule has 7 nitrogen and oxygen atoms in total. The van der Waals surface area contributed by atoms with Crippen LogP contribution in [0, 0.1) is 6.92 Å². The van der Waals surface area contributed by atoms with Gasteiger partial charge in [-0.2, -0.15) is 5.10 Å². The van der Waals surface area contributed by atoms with Gasteiger partial charge in [0.1, 0.15) is 11.3 Å². The highest BCUT2D eigenvalue weighted by Crippen LogP contribution is 2.35. The molecule has 0 bridgehead atoms. The first-order valence-electron chi connectivity index (χ1n) is 9.73. The number of benzene rings is 1. The summed E-state index contributed by atoms with van der Waals surface area (Å²) in [5.74, 6) is 0.875. The number of hydrogen-bond donors (Lipinski definition) is 2. The van der Waals surface area contributed by atoms with Gasteiger partial charge in [0, 0.05) is 36.0 Å². The molecule has 0 radical (unpaired) electrons. The van der Waals surface area contributed by atoms with Gasteiger partial charge in [0.2, 0.25) is 0 Å². The molecule has 0 spiro atoms. The van der Waals surface area contributed by atoms with Crippen molar-refractivity contribution < 1.29 is 9.53 Å². The lowest BCUT2D eigenvalue weighted by Crippen LogP contribution is -2.40. The topological polar surface area (TPSA) is 91.1 Å². The summed E-state index contributed by atoms with van der Waals surface area (Å²) in [4.78, 5) is 29.3. The minimum Gasteiger partial charge on any atom is -0.497 e. The lowest BCUT2D eigenvalue weighted by molar-refractivity contribution is 0.0710. The van der Waals surface area contributed by atoms with Crippen molar-refractivity contribution in [1.29, 1.82) is 0 Å². The van der Waals surface area contributed by atoms with Crippen LogP contribution >= 0.6 is 0 Å². The number of aromatic nitrogens is 3. The third kappa shape index (κ3) is 3.81. The molecular formula is C22H24N4O3. The molecule has 0 saturated carbocycles. The normalized spacial score (nSPS) is 14.8. The van der Waals surface area contributed by atoms with Gasteiger partial charge >= 0.3 is 0 Å². The second kappa shape index (κ2) is 7.95. The van der Waals surface area contributed by atoms with Gasteiger partial charge in [-0.05, 0) is 49.6 Å². The van der Waals surface area contributed by atoms with Crippen molar-refractivity contribution in [1.82, 2.24) is 20.1 Å². The second-order valence-corrected chi connectivity index (χ2v) is 7.38. The number of pyridine rings is 1. The molecule has 29 heavy (non-hydrogen) atoms. The first kappa shape index (κ1) is 19.0. The molecule has 0 aliphatic carbocycles. The fourth-order valence-electron chi connectivity index (χ4n) is 3.91. The average molecular weight is 392 g/mol. The highest BCUT2D eigenvalue weighted by Gasteiger charge is 2.28. The minimum atomic E-state index is -0.328. The van der Waals surface area contributed by atoms with Crippen LogP contribution in [-0.4, -0.2) is 46.2 Å². The van der Waals surface area contributed by atoms with Gasteiger partial charge in [-0.15, -0.1) is 0 Å². The van der Waals surface area contributed by atoms with Crippen LogP contribution < -0.4 is 10.3 Å². The van der Waals surface area contributed by atoms with Crippen LogP contribution in [0.1, 0.15) is 40.5 Å². The van der Waals surface area contributed by atoms with Crippen molar-refractivity contribution in [3.63, 3.8) is 0 Å². The largest absolute Gasteiger partial charge is 0.497 e. The van der Waals surface area contributed by atoms with Gasteiger partial charge in [0.05, 0.1) is 13.3 Å². The Hall–Kier alpha value is -3.35. The zero-order chi connectivity index (χ0) is 20.4. The van der Waals surface area contributed by atoms with Crippen LogP contribution in [-0.2, 0) is 0 Å². The monoisotopic (exact) mass is 392 g/mol. The zero-order valence-electron chi connectivity index (χ0n) is 16.6. The number of nitrogens with one attached hydrogen (secondary N) is 2. The fraction of sp³-hybridized carbons (Fsp3) is 0.318. The summed E-state index contributed by atoms with van der Waals surface area (Å²) in [5.41, 5.74) is 3.81. The molecule has 1 aliphatic rings. The van der Waals surface area contributed by atoms with E-state index in [2.05, 4.69) is 15.2 Å². The summed E-state index contributed by atoms with van der Waals surface area (Å²) in [7, 11) is 1.65.